The fraction of sp³-hybridized carbons (Fsp3) is 0.217. The van der Waals surface area contributed by atoms with Crippen LogP contribution >= 0.6 is 12.2 Å². The summed E-state index contributed by atoms with van der Waals surface area (Å²) in [5.41, 5.74) is 2.23. The second-order valence-electron chi connectivity index (χ2n) is 7.08. The predicted molar refractivity (Wildman–Crippen MR) is 125 cm³/mol. The summed E-state index contributed by atoms with van der Waals surface area (Å²) in [5.74, 6) is -0.318. The average Bonchev–Trinajstić information content (AvgIpc) is 2.75. The van der Waals surface area contributed by atoms with Crippen LogP contribution in [0.15, 0.2) is 59.9 Å². The number of amides is 2. The zero-order valence-corrected chi connectivity index (χ0v) is 18.1. The number of anilines is 1. The average molecular weight is 437 g/mol. The number of nitrogens with zero attached hydrogens (tertiary/aromatic N) is 1. The minimum Gasteiger partial charge on any atom is -0.348 e. The zero-order chi connectivity index (χ0) is 22.4. The Balaban J connectivity index is 1.74. The van der Waals surface area contributed by atoms with Gasteiger partial charge in [-0.15, -0.1) is 6.58 Å². The third kappa shape index (κ3) is 5.35. The van der Waals surface area contributed by atoms with Crippen molar-refractivity contribution in [1.82, 2.24) is 14.9 Å². The first-order valence-corrected chi connectivity index (χ1v) is 10.4. The fourth-order valence-electron chi connectivity index (χ4n) is 3.18. The Morgan fingerprint density at radius 2 is 2.03 bits per heavy atom. The first-order valence-electron chi connectivity index (χ1n) is 9.97. The van der Waals surface area contributed by atoms with Gasteiger partial charge in [0, 0.05) is 30.8 Å². The number of rotatable bonds is 8. The number of hydrogen-bond donors (Lipinski definition) is 3. The highest BCUT2D eigenvalue weighted by atomic mass is 32.1. The third-order valence-corrected chi connectivity index (χ3v) is 5.02. The van der Waals surface area contributed by atoms with Crippen LogP contribution in [0, 0.1) is 4.77 Å². The Bertz CT molecular complexity index is 1260. The standard InChI is InChI=1S/C23H24N4O3S/c1-3-6-20(28)25-17-8-5-7-15(12-17)14-24-21(29)16-9-10-18-19(13-16)26-23(31)27(11-4-2)22(18)30/h4-5,7-10,12-13H,2-3,6,11,14H2,1H3,(H,24,29)(H,25,28)(H,26,31). The number of carbonyl (C=O) groups excluding carboxylic acids is 2. The number of hydrogen-bond acceptors (Lipinski definition) is 4. The number of allylic oxidation sites excluding steroid dienone is 1. The van der Waals surface area contributed by atoms with Crippen LogP contribution in [0.1, 0.15) is 35.7 Å². The molecule has 8 heteroatoms. The van der Waals surface area contributed by atoms with Gasteiger partial charge in [-0.05, 0) is 54.5 Å². The molecule has 3 aromatic rings. The van der Waals surface area contributed by atoms with Crippen molar-refractivity contribution in [3.8, 4) is 0 Å². The number of aromatic amines is 1. The van der Waals surface area contributed by atoms with Crippen LogP contribution in [0.5, 0.6) is 0 Å². The van der Waals surface area contributed by atoms with Gasteiger partial charge in [0.15, 0.2) is 4.77 Å². The van der Waals surface area contributed by atoms with Gasteiger partial charge < -0.3 is 15.6 Å². The van der Waals surface area contributed by atoms with E-state index in [1.165, 1.54) is 4.57 Å². The summed E-state index contributed by atoms with van der Waals surface area (Å²) in [7, 11) is 0. The number of aromatic nitrogens is 2. The van der Waals surface area contributed by atoms with Crippen LogP contribution in [0.2, 0.25) is 0 Å². The molecule has 31 heavy (non-hydrogen) atoms. The third-order valence-electron chi connectivity index (χ3n) is 4.70. The van der Waals surface area contributed by atoms with Gasteiger partial charge in [-0.25, -0.2) is 0 Å². The number of H-pyrrole nitrogens is 1. The fourth-order valence-corrected chi connectivity index (χ4v) is 3.45. The van der Waals surface area contributed by atoms with Crippen molar-refractivity contribution < 1.29 is 9.59 Å². The highest BCUT2D eigenvalue weighted by Crippen LogP contribution is 2.13. The lowest BCUT2D eigenvalue weighted by Gasteiger charge is -2.10. The van der Waals surface area contributed by atoms with E-state index in [2.05, 4.69) is 22.2 Å². The lowest BCUT2D eigenvalue weighted by Crippen LogP contribution is -2.24. The molecule has 2 aromatic carbocycles. The van der Waals surface area contributed by atoms with Gasteiger partial charge in [-0.3, -0.25) is 19.0 Å². The quantitative estimate of drug-likeness (QED) is 0.368. The van der Waals surface area contributed by atoms with E-state index in [1.54, 1.807) is 24.3 Å². The molecule has 0 fully saturated rings. The Morgan fingerprint density at radius 3 is 2.77 bits per heavy atom. The first kappa shape index (κ1) is 22.2. The van der Waals surface area contributed by atoms with E-state index in [4.69, 9.17) is 12.2 Å². The van der Waals surface area contributed by atoms with Gasteiger partial charge in [0.1, 0.15) is 0 Å². The molecule has 3 rings (SSSR count). The lowest BCUT2D eigenvalue weighted by molar-refractivity contribution is -0.116. The maximum atomic E-state index is 12.6. The summed E-state index contributed by atoms with van der Waals surface area (Å²) in [6.45, 7) is 6.19. The second kappa shape index (κ2) is 9.99. The maximum absolute atomic E-state index is 12.6. The van der Waals surface area contributed by atoms with E-state index in [0.717, 1.165) is 12.0 Å². The van der Waals surface area contributed by atoms with Gasteiger partial charge in [0.2, 0.25) is 5.91 Å². The molecule has 0 bridgehead atoms. The summed E-state index contributed by atoms with van der Waals surface area (Å²) in [4.78, 5) is 40.0. The van der Waals surface area contributed by atoms with Crippen molar-refractivity contribution in [2.75, 3.05) is 5.32 Å². The second-order valence-corrected chi connectivity index (χ2v) is 7.46. The minimum absolute atomic E-state index is 0.0376. The first-order chi connectivity index (χ1) is 14.9. The summed E-state index contributed by atoms with van der Waals surface area (Å²) in [6.07, 6.45) is 2.84. The minimum atomic E-state index is -0.281. The molecule has 0 spiro atoms. The van der Waals surface area contributed by atoms with E-state index in [1.807, 2.05) is 31.2 Å². The van der Waals surface area contributed by atoms with E-state index in [0.29, 0.717) is 41.7 Å². The van der Waals surface area contributed by atoms with Crippen molar-refractivity contribution in [1.29, 1.82) is 0 Å². The van der Waals surface area contributed by atoms with E-state index in [-0.39, 0.29) is 22.1 Å². The molecule has 1 aromatic heterocycles. The SMILES string of the molecule is C=CCn1c(=S)[nH]c2cc(C(=O)NCc3cccc(NC(=O)CCC)c3)ccc2c1=O. The number of benzene rings is 2. The molecule has 0 unspecified atom stereocenters. The monoisotopic (exact) mass is 436 g/mol. The van der Waals surface area contributed by atoms with Gasteiger partial charge in [-0.2, -0.15) is 0 Å². The molecule has 3 N–H and O–H groups in total. The topological polar surface area (TPSA) is 96.0 Å². The molecule has 0 saturated heterocycles. The van der Waals surface area contributed by atoms with Gasteiger partial charge >= 0.3 is 0 Å². The van der Waals surface area contributed by atoms with Crippen molar-refractivity contribution in [3.63, 3.8) is 0 Å². The Morgan fingerprint density at radius 1 is 1.23 bits per heavy atom. The molecule has 0 aliphatic heterocycles. The maximum Gasteiger partial charge on any atom is 0.262 e. The summed E-state index contributed by atoms with van der Waals surface area (Å²) < 4.78 is 1.69. The molecular weight excluding hydrogens is 412 g/mol. The van der Waals surface area contributed by atoms with Crippen LogP contribution in [0.25, 0.3) is 10.9 Å². The van der Waals surface area contributed by atoms with Crippen molar-refractivity contribution >= 4 is 40.6 Å². The molecule has 160 valence electrons. The van der Waals surface area contributed by atoms with Crippen molar-refractivity contribution in [2.45, 2.75) is 32.9 Å². The normalized spacial score (nSPS) is 10.6. The van der Waals surface area contributed by atoms with E-state index >= 15 is 0 Å². The molecule has 0 atom stereocenters. The molecular formula is C23H24N4O3S. The molecule has 7 nitrogen and oxygen atoms in total. The Hall–Kier alpha value is -3.52. The molecule has 1 heterocycles. The van der Waals surface area contributed by atoms with Crippen LogP contribution in [-0.2, 0) is 17.9 Å². The van der Waals surface area contributed by atoms with Gasteiger partial charge in [-0.1, -0.05) is 25.1 Å². The number of nitrogens with one attached hydrogen (secondary N) is 3. The smallest absolute Gasteiger partial charge is 0.262 e. The molecule has 0 saturated carbocycles. The summed E-state index contributed by atoms with van der Waals surface area (Å²) in [5, 5.41) is 6.15. The molecule has 2 amide bonds. The van der Waals surface area contributed by atoms with Gasteiger partial charge in [0.25, 0.3) is 11.5 Å². The molecule has 0 radical (unpaired) electrons. The molecule has 0 aliphatic rings. The van der Waals surface area contributed by atoms with E-state index < -0.39 is 0 Å². The number of fused-ring (bicyclic) bond motifs is 1. The predicted octanol–water partition coefficient (Wildman–Crippen LogP) is 3.91. The number of carbonyl (C=O) groups is 2. The molecule has 0 aliphatic carbocycles. The summed E-state index contributed by atoms with van der Waals surface area (Å²) >= 11 is 5.24. The van der Waals surface area contributed by atoms with Gasteiger partial charge in [0.05, 0.1) is 10.9 Å². The lowest BCUT2D eigenvalue weighted by atomic mass is 10.1. The van der Waals surface area contributed by atoms with Crippen LogP contribution < -0.4 is 16.2 Å². The highest BCUT2D eigenvalue weighted by Gasteiger charge is 2.10. The van der Waals surface area contributed by atoms with Crippen molar-refractivity contribution in [2.24, 2.45) is 0 Å². The van der Waals surface area contributed by atoms with E-state index in [9.17, 15) is 14.4 Å². The van der Waals surface area contributed by atoms with Crippen molar-refractivity contribution in [3.05, 3.63) is 81.4 Å². The van der Waals surface area contributed by atoms with Crippen LogP contribution in [0.3, 0.4) is 0 Å². The largest absolute Gasteiger partial charge is 0.348 e. The zero-order valence-electron chi connectivity index (χ0n) is 17.2. The van der Waals surface area contributed by atoms with Crippen LogP contribution in [-0.4, -0.2) is 21.4 Å². The Kier molecular flexibility index (Phi) is 7.15. The van der Waals surface area contributed by atoms with Crippen LogP contribution in [0.4, 0.5) is 5.69 Å². The summed E-state index contributed by atoms with van der Waals surface area (Å²) in [6, 6.07) is 12.2. The highest BCUT2D eigenvalue weighted by molar-refractivity contribution is 7.71. The Labute approximate surface area is 184 Å².